The fraction of sp³-hybridized carbons (Fsp3) is 0.154. The Morgan fingerprint density at radius 3 is 2.43 bits per heavy atom. The molecule has 0 saturated heterocycles. The van der Waals surface area contributed by atoms with E-state index in [1.807, 2.05) is 6.07 Å². The Hall–Kier alpha value is -1.67. The molecule has 0 unspecified atom stereocenters. The first-order valence-electron chi connectivity index (χ1n) is 5.65. The molecule has 0 radical (unpaired) electrons. The van der Waals surface area contributed by atoms with Crippen molar-refractivity contribution in [3.63, 3.8) is 0 Å². The average Bonchev–Trinajstić information content (AvgIpc) is 2.47. The molecule has 0 amide bonds. The van der Waals surface area contributed by atoms with Crippen molar-refractivity contribution in [2.45, 2.75) is 6.54 Å². The maximum absolute atomic E-state index is 11.8. The number of carboxylic acids is 1. The molecule has 106 valence electrons. The number of nitrogens with zero attached hydrogens (tertiary/aromatic N) is 2. The van der Waals surface area contributed by atoms with Gasteiger partial charge in [0.1, 0.15) is 11.5 Å². The number of aliphatic hydroxyl groups is 1. The number of nitrogen functional groups attached to an aromatic ring is 1. The van der Waals surface area contributed by atoms with Crippen LogP contribution in [0.1, 0.15) is 0 Å². The van der Waals surface area contributed by atoms with Crippen molar-refractivity contribution < 1.29 is 44.6 Å². The van der Waals surface area contributed by atoms with Gasteiger partial charge in [0.15, 0.2) is 0 Å². The van der Waals surface area contributed by atoms with E-state index in [1.165, 1.54) is 6.20 Å². The zero-order valence-corrected chi connectivity index (χ0v) is 13.8. The van der Waals surface area contributed by atoms with Crippen LogP contribution >= 0.6 is 0 Å². The van der Waals surface area contributed by atoms with Crippen LogP contribution in [0.3, 0.4) is 0 Å². The van der Waals surface area contributed by atoms with E-state index < -0.39 is 18.1 Å². The zero-order chi connectivity index (χ0) is 15.1. The molecule has 1 heterocycles. The number of anilines is 1. The summed E-state index contributed by atoms with van der Waals surface area (Å²) in [7, 11) is 1.00. The molecule has 0 spiro atoms. The Morgan fingerprint density at radius 1 is 1.33 bits per heavy atom. The second-order valence-corrected chi connectivity index (χ2v) is 3.67. The van der Waals surface area contributed by atoms with E-state index in [0.29, 0.717) is 5.56 Å². The summed E-state index contributed by atoms with van der Waals surface area (Å²) in [4.78, 5) is 26.5. The molecular weight excluding hydrogens is 285 g/mol. The maximum Gasteiger partial charge on any atom is 1.00 e. The summed E-state index contributed by atoms with van der Waals surface area (Å²) in [6.07, 6.45) is 1.22. The summed E-state index contributed by atoms with van der Waals surface area (Å²) in [6.45, 7) is -0.582. The van der Waals surface area contributed by atoms with Gasteiger partial charge < -0.3 is 20.7 Å². The first kappa shape index (κ1) is 19.3. The Balaban J connectivity index is 0.00000128. The Bertz CT molecular complexity index is 644. The molecule has 0 bridgehead atoms. The van der Waals surface area contributed by atoms with E-state index in [0.717, 1.165) is 11.7 Å². The molecule has 0 saturated carbocycles. The molecule has 7 nitrogen and oxygen atoms in total. The number of aromatic nitrogens is 2. The number of rotatable bonds is 3. The molecule has 1 aromatic carbocycles. The van der Waals surface area contributed by atoms with Crippen LogP contribution in [0.2, 0.25) is 0 Å². The van der Waals surface area contributed by atoms with Gasteiger partial charge in [-0.05, 0) is 0 Å². The summed E-state index contributed by atoms with van der Waals surface area (Å²) in [5, 5.41) is 17.7. The van der Waals surface area contributed by atoms with Crippen LogP contribution in [0.4, 0.5) is 5.69 Å². The summed E-state index contributed by atoms with van der Waals surface area (Å²) in [5.74, 6) is -1.12. The van der Waals surface area contributed by atoms with Crippen LogP contribution in [-0.4, -0.2) is 27.7 Å². The van der Waals surface area contributed by atoms with Gasteiger partial charge in [0.05, 0.1) is 18.7 Å². The summed E-state index contributed by atoms with van der Waals surface area (Å²) in [6, 6.07) is 8.79. The van der Waals surface area contributed by atoms with Gasteiger partial charge in [-0.25, -0.2) is 4.98 Å². The number of carbonyl (C=O) groups is 1. The van der Waals surface area contributed by atoms with Crippen molar-refractivity contribution >= 4 is 11.7 Å². The van der Waals surface area contributed by atoms with E-state index in [9.17, 15) is 14.7 Å². The molecule has 0 atom stereocenters. The molecule has 2 rings (SSSR count). The van der Waals surface area contributed by atoms with Gasteiger partial charge in [-0.3, -0.25) is 9.36 Å². The quantitative estimate of drug-likeness (QED) is 0.555. The minimum atomic E-state index is -1.37. The Labute approximate surface area is 143 Å². The van der Waals surface area contributed by atoms with Gasteiger partial charge in [0.25, 0.3) is 5.56 Å². The SMILES string of the molecule is CO.Nc1cnc(-c2ccccc2)n(CC(=O)[O-])c1=O.[Na+]. The van der Waals surface area contributed by atoms with Gasteiger partial charge in [0, 0.05) is 12.7 Å². The molecular formula is C13H14N3NaO4. The molecule has 8 heteroatoms. The average molecular weight is 299 g/mol. The molecule has 0 aliphatic rings. The number of benzene rings is 1. The predicted octanol–water partition coefficient (Wildman–Crippen LogP) is -4.15. The van der Waals surface area contributed by atoms with E-state index >= 15 is 0 Å². The third-order valence-electron chi connectivity index (χ3n) is 2.39. The fourth-order valence-electron chi connectivity index (χ4n) is 1.60. The van der Waals surface area contributed by atoms with Gasteiger partial charge in [-0.15, -0.1) is 0 Å². The first-order chi connectivity index (χ1) is 9.59. The summed E-state index contributed by atoms with van der Waals surface area (Å²) >= 11 is 0. The molecule has 21 heavy (non-hydrogen) atoms. The van der Waals surface area contributed by atoms with Crippen molar-refractivity contribution in [1.29, 1.82) is 0 Å². The van der Waals surface area contributed by atoms with Crippen LogP contribution in [0.5, 0.6) is 0 Å². The largest absolute Gasteiger partial charge is 1.00 e. The summed E-state index contributed by atoms with van der Waals surface area (Å²) in [5.41, 5.74) is 5.38. The van der Waals surface area contributed by atoms with E-state index in [-0.39, 0.29) is 41.1 Å². The van der Waals surface area contributed by atoms with E-state index in [1.54, 1.807) is 24.3 Å². The molecule has 0 aliphatic carbocycles. The van der Waals surface area contributed by atoms with Crippen molar-refractivity contribution in [3.8, 4) is 11.4 Å². The van der Waals surface area contributed by atoms with Crippen molar-refractivity contribution in [2.24, 2.45) is 0 Å². The first-order valence-corrected chi connectivity index (χ1v) is 5.65. The molecule has 2 aromatic rings. The number of carbonyl (C=O) groups excluding carboxylic acids is 1. The smallest absolute Gasteiger partial charge is 0.548 e. The van der Waals surface area contributed by atoms with E-state index in [2.05, 4.69) is 4.98 Å². The number of nitrogens with two attached hydrogens (primary N) is 1. The van der Waals surface area contributed by atoms with Gasteiger partial charge in [-0.1, -0.05) is 30.3 Å². The number of carboxylic acid groups (broad SMARTS) is 1. The second-order valence-electron chi connectivity index (χ2n) is 3.67. The maximum atomic E-state index is 11.8. The van der Waals surface area contributed by atoms with Crippen molar-refractivity contribution in [3.05, 3.63) is 46.9 Å². The van der Waals surface area contributed by atoms with Crippen LogP contribution < -0.4 is 46.0 Å². The molecule has 3 N–H and O–H groups in total. The van der Waals surface area contributed by atoms with Crippen molar-refractivity contribution in [2.75, 3.05) is 12.8 Å². The molecule has 1 aromatic heterocycles. The topological polar surface area (TPSA) is 121 Å². The van der Waals surface area contributed by atoms with Crippen LogP contribution in [0, 0.1) is 0 Å². The minimum absolute atomic E-state index is 0. The van der Waals surface area contributed by atoms with Gasteiger partial charge >= 0.3 is 29.6 Å². The van der Waals surface area contributed by atoms with Crippen molar-refractivity contribution in [1.82, 2.24) is 9.55 Å². The Kier molecular flexibility index (Phi) is 8.56. The number of aliphatic hydroxyl groups excluding tert-OH is 1. The van der Waals surface area contributed by atoms with Crippen LogP contribution in [0.25, 0.3) is 11.4 Å². The van der Waals surface area contributed by atoms with Gasteiger partial charge in [-0.2, -0.15) is 0 Å². The Morgan fingerprint density at radius 2 is 1.90 bits per heavy atom. The molecule has 0 aliphatic heterocycles. The number of hydrogen-bond donors (Lipinski definition) is 2. The van der Waals surface area contributed by atoms with Crippen LogP contribution in [-0.2, 0) is 11.3 Å². The predicted molar refractivity (Wildman–Crippen MR) is 71.5 cm³/mol. The molecule has 0 fully saturated rings. The van der Waals surface area contributed by atoms with Gasteiger partial charge in [0.2, 0.25) is 0 Å². The van der Waals surface area contributed by atoms with E-state index in [4.69, 9.17) is 10.8 Å². The normalized spacial score (nSPS) is 9.05. The second kappa shape index (κ2) is 9.30. The monoisotopic (exact) mass is 299 g/mol. The fourth-order valence-corrected chi connectivity index (χ4v) is 1.60. The minimum Gasteiger partial charge on any atom is -0.548 e. The standard InChI is InChI=1S/C12H11N3O3.CH4O.Na/c13-9-6-14-11(8-4-2-1-3-5-8)15(12(9)18)7-10(16)17;1-2;/h1-6H,7,13H2,(H,16,17);2H,1H3;/q;;+1/p-1. The summed E-state index contributed by atoms with van der Waals surface area (Å²) < 4.78 is 0.986. The number of hydrogen-bond acceptors (Lipinski definition) is 6. The third-order valence-corrected chi connectivity index (χ3v) is 2.39. The number of aliphatic carboxylic acids is 1. The third kappa shape index (κ3) is 4.98. The zero-order valence-electron chi connectivity index (χ0n) is 11.8. The van der Waals surface area contributed by atoms with Crippen LogP contribution in [0.15, 0.2) is 41.3 Å².